The molecule has 1 unspecified atom stereocenters. The summed E-state index contributed by atoms with van der Waals surface area (Å²) in [5.74, 6) is 0. The van der Waals surface area contributed by atoms with E-state index >= 15 is 0 Å². The predicted molar refractivity (Wildman–Crippen MR) is 81.3 cm³/mol. The van der Waals surface area contributed by atoms with E-state index in [9.17, 15) is 18.5 Å². The van der Waals surface area contributed by atoms with Crippen molar-refractivity contribution in [1.82, 2.24) is 9.62 Å². The van der Waals surface area contributed by atoms with Crippen LogP contribution in [0.1, 0.15) is 12.5 Å². The topological polar surface area (TPSA) is 92.5 Å². The third-order valence-electron chi connectivity index (χ3n) is 3.39. The molecule has 0 radical (unpaired) electrons. The van der Waals surface area contributed by atoms with Gasteiger partial charge in [0.2, 0.25) is 0 Å². The highest BCUT2D eigenvalue weighted by Gasteiger charge is 2.36. The second-order valence-electron chi connectivity index (χ2n) is 4.85. The van der Waals surface area contributed by atoms with Crippen LogP contribution in [0.3, 0.4) is 0 Å². The highest BCUT2D eigenvalue weighted by Crippen LogP contribution is 2.30. The molecule has 2 rings (SSSR count). The van der Waals surface area contributed by atoms with Gasteiger partial charge in [-0.25, -0.2) is 8.42 Å². The monoisotopic (exact) mass is 335 g/mol. The van der Waals surface area contributed by atoms with E-state index in [0.717, 1.165) is 0 Å². The molecule has 0 aromatic heterocycles. The number of nitrogens with zero attached hydrogens (tertiary/aromatic N) is 2. The molecule has 1 aromatic carbocycles. The summed E-state index contributed by atoms with van der Waals surface area (Å²) >= 11 is 0. The van der Waals surface area contributed by atoms with Crippen molar-refractivity contribution in [2.45, 2.75) is 24.8 Å². The molecule has 1 aliphatic heterocycles. The summed E-state index contributed by atoms with van der Waals surface area (Å²) in [6, 6.07) is 4.07. The Bertz CT molecular complexity index is 635. The third-order valence-corrected chi connectivity index (χ3v) is 5.60. The highest BCUT2D eigenvalue weighted by atomic mass is 35.5. The summed E-state index contributed by atoms with van der Waals surface area (Å²) in [6.45, 7) is 4.76. The Kier molecular flexibility index (Phi) is 5.68. The van der Waals surface area contributed by atoms with Crippen LogP contribution in [0, 0.1) is 17.0 Å². The summed E-state index contributed by atoms with van der Waals surface area (Å²) < 4.78 is 26.8. The molecule has 1 atom stereocenters. The lowest BCUT2D eigenvalue weighted by Crippen LogP contribution is -2.52. The number of nitrogens with one attached hydrogen (secondary N) is 1. The van der Waals surface area contributed by atoms with Crippen molar-refractivity contribution in [2.75, 3.05) is 19.6 Å². The molecular weight excluding hydrogens is 318 g/mol. The standard InChI is InChI=1S/C12H17N3O4S.ClH/c1-9-4-3-5-11(15(16)17)12(9)20(18,19)14-7-6-13-8-10(14)2;/h3-5,10,13H,6-8H2,1-2H3;1H. The number of rotatable bonds is 3. The summed E-state index contributed by atoms with van der Waals surface area (Å²) in [4.78, 5) is 10.3. The third kappa shape index (κ3) is 3.34. The first-order chi connectivity index (χ1) is 9.35. The first kappa shape index (κ1) is 17.8. The molecule has 118 valence electrons. The maximum Gasteiger partial charge on any atom is 0.289 e. The fourth-order valence-electron chi connectivity index (χ4n) is 2.41. The molecule has 21 heavy (non-hydrogen) atoms. The molecule has 1 saturated heterocycles. The number of hydrogen-bond donors (Lipinski definition) is 1. The van der Waals surface area contributed by atoms with E-state index in [0.29, 0.717) is 25.2 Å². The van der Waals surface area contributed by atoms with E-state index in [-0.39, 0.29) is 29.0 Å². The van der Waals surface area contributed by atoms with E-state index in [2.05, 4.69) is 5.32 Å². The Morgan fingerprint density at radius 1 is 1.43 bits per heavy atom. The molecule has 0 bridgehead atoms. The second-order valence-corrected chi connectivity index (χ2v) is 6.68. The van der Waals surface area contributed by atoms with E-state index in [1.165, 1.54) is 16.4 Å². The lowest BCUT2D eigenvalue weighted by molar-refractivity contribution is -0.387. The summed E-state index contributed by atoms with van der Waals surface area (Å²) in [5, 5.41) is 14.2. The van der Waals surface area contributed by atoms with E-state index in [4.69, 9.17) is 0 Å². The Labute approximate surface area is 129 Å². The van der Waals surface area contributed by atoms with Crippen molar-refractivity contribution >= 4 is 28.1 Å². The molecule has 1 N–H and O–H groups in total. The first-order valence-corrected chi connectivity index (χ1v) is 7.76. The van der Waals surface area contributed by atoms with Crippen molar-refractivity contribution in [3.8, 4) is 0 Å². The molecule has 0 amide bonds. The van der Waals surface area contributed by atoms with Crippen LogP contribution in [0.4, 0.5) is 5.69 Å². The van der Waals surface area contributed by atoms with Gasteiger partial charge in [0.05, 0.1) is 4.92 Å². The van der Waals surface area contributed by atoms with Gasteiger partial charge in [-0.1, -0.05) is 12.1 Å². The largest absolute Gasteiger partial charge is 0.314 e. The van der Waals surface area contributed by atoms with Crippen LogP contribution in [-0.2, 0) is 10.0 Å². The van der Waals surface area contributed by atoms with Crippen molar-refractivity contribution in [3.63, 3.8) is 0 Å². The maximum atomic E-state index is 12.7. The van der Waals surface area contributed by atoms with Gasteiger partial charge in [0, 0.05) is 31.7 Å². The van der Waals surface area contributed by atoms with E-state index in [1.807, 2.05) is 0 Å². The quantitative estimate of drug-likeness (QED) is 0.664. The minimum Gasteiger partial charge on any atom is -0.314 e. The number of hydrogen-bond acceptors (Lipinski definition) is 5. The van der Waals surface area contributed by atoms with Crippen LogP contribution in [0.2, 0.25) is 0 Å². The zero-order valence-electron chi connectivity index (χ0n) is 11.8. The maximum absolute atomic E-state index is 12.7. The number of nitro benzene ring substituents is 1. The smallest absolute Gasteiger partial charge is 0.289 e. The molecule has 1 aliphatic rings. The van der Waals surface area contributed by atoms with Crippen molar-refractivity contribution < 1.29 is 13.3 Å². The molecule has 0 aliphatic carbocycles. The SMILES string of the molecule is Cc1cccc([N+](=O)[O-])c1S(=O)(=O)N1CCNCC1C.Cl. The zero-order valence-corrected chi connectivity index (χ0v) is 13.4. The van der Waals surface area contributed by atoms with Crippen LogP contribution in [0.5, 0.6) is 0 Å². The average molecular weight is 336 g/mol. The molecule has 9 heteroatoms. The van der Waals surface area contributed by atoms with Gasteiger partial charge in [0.25, 0.3) is 15.7 Å². The first-order valence-electron chi connectivity index (χ1n) is 6.32. The van der Waals surface area contributed by atoms with Gasteiger partial charge in [-0.2, -0.15) is 4.31 Å². The van der Waals surface area contributed by atoms with E-state index in [1.54, 1.807) is 19.9 Å². The molecular formula is C12H18ClN3O4S. The van der Waals surface area contributed by atoms with Gasteiger partial charge in [0.1, 0.15) is 0 Å². The van der Waals surface area contributed by atoms with Crippen LogP contribution >= 0.6 is 12.4 Å². The second kappa shape index (κ2) is 6.69. The van der Waals surface area contributed by atoms with Gasteiger partial charge < -0.3 is 5.32 Å². The zero-order chi connectivity index (χ0) is 14.9. The van der Waals surface area contributed by atoms with Gasteiger partial charge in [-0.3, -0.25) is 10.1 Å². The summed E-state index contributed by atoms with van der Waals surface area (Å²) in [5.41, 5.74) is 0.0284. The number of halogens is 1. The van der Waals surface area contributed by atoms with Crippen LogP contribution in [0.25, 0.3) is 0 Å². The number of benzene rings is 1. The number of piperazine rings is 1. The lowest BCUT2D eigenvalue weighted by atomic mass is 10.2. The van der Waals surface area contributed by atoms with Crippen molar-refractivity contribution in [2.24, 2.45) is 0 Å². The van der Waals surface area contributed by atoms with Gasteiger partial charge in [-0.05, 0) is 19.4 Å². The fraction of sp³-hybridized carbons (Fsp3) is 0.500. The van der Waals surface area contributed by atoms with Crippen molar-refractivity contribution in [1.29, 1.82) is 0 Å². The van der Waals surface area contributed by atoms with Gasteiger partial charge in [0.15, 0.2) is 4.90 Å². The molecule has 7 nitrogen and oxygen atoms in total. The van der Waals surface area contributed by atoms with E-state index < -0.39 is 14.9 Å². The average Bonchev–Trinajstić information content (AvgIpc) is 2.38. The predicted octanol–water partition coefficient (Wildman–Crippen LogP) is 1.31. The van der Waals surface area contributed by atoms with Crippen molar-refractivity contribution in [3.05, 3.63) is 33.9 Å². The Balaban J connectivity index is 0.00000220. The van der Waals surface area contributed by atoms with Gasteiger partial charge >= 0.3 is 0 Å². The highest BCUT2D eigenvalue weighted by molar-refractivity contribution is 7.89. The Hall–Kier alpha value is -1.22. The lowest BCUT2D eigenvalue weighted by Gasteiger charge is -2.33. The Morgan fingerprint density at radius 2 is 2.10 bits per heavy atom. The minimum atomic E-state index is -3.87. The summed E-state index contributed by atoms with van der Waals surface area (Å²) in [6.07, 6.45) is 0. The minimum absolute atomic E-state index is 0. The molecule has 1 fully saturated rings. The molecule has 1 heterocycles. The number of sulfonamides is 1. The normalized spacial score (nSPS) is 19.8. The van der Waals surface area contributed by atoms with Crippen LogP contribution in [-0.4, -0.2) is 43.3 Å². The number of nitro groups is 1. The molecule has 0 spiro atoms. The molecule has 1 aromatic rings. The van der Waals surface area contributed by atoms with Crippen LogP contribution < -0.4 is 5.32 Å². The van der Waals surface area contributed by atoms with Crippen LogP contribution in [0.15, 0.2) is 23.1 Å². The van der Waals surface area contributed by atoms with Gasteiger partial charge in [-0.15, -0.1) is 12.4 Å². The number of aryl methyl sites for hydroxylation is 1. The molecule has 0 saturated carbocycles. The Morgan fingerprint density at radius 3 is 2.67 bits per heavy atom. The summed E-state index contributed by atoms with van der Waals surface area (Å²) in [7, 11) is -3.87. The fourth-order valence-corrected chi connectivity index (χ4v) is 4.41.